The van der Waals surface area contributed by atoms with Crippen LogP contribution < -0.4 is 5.32 Å². The lowest BCUT2D eigenvalue weighted by Crippen LogP contribution is -2.26. The van der Waals surface area contributed by atoms with Gasteiger partial charge in [-0.15, -0.1) is 0 Å². The third-order valence-electron chi connectivity index (χ3n) is 2.93. The number of ether oxygens (including phenoxy) is 1. The lowest BCUT2D eigenvalue weighted by molar-refractivity contribution is -0.137. The molecule has 0 radical (unpaired) electrons. The van der Waals surface area contributed by atoms with E-state index in [2.05, 4.69) is 10.1 Å². The van der Waals surface area contributed by atoms with E-state index in [1.54, 1.807) is 18.2 Å². The number of benzene rings is 1. The summed E-state index contributed by atoms with van der Waals surface area (Å²) in [4.78, 5) is 33.9. The van der Waals surface area contributed by atoms with Crippen LogP contribution in [0.15, 0.2) is 24.3 Å². The van der Waals surface area contributed by atoms with Gasteiger partial charge in [-0.3, -0.25) is 9.59 Å². The average Bonchev–Trinajstić information content (AvgIpc) is 2.49. The van der Waals surface area contributed by atoms with Gasteiger partial charge in [0, 0.05) is 13.0 Å². The second-order valence-corrected chi connectivity index (χ2v) is 4.50. The molecule has 0 unspecified atom stereocenters. The number of carboxylic acid groups (broad SMARTS) is 1. The fourth-order valence-electron chi connectivity index (χ4n) is 1.84. The number of carbonyl (C=O) groups is 3. The Kier molecular flexibility index (Phi) is 6.94. The van der Waals surface area contributed by atoms with Gasteiger partial charge in [0.1, 0.15) is 0 Å². The molecule has 0 heterocycles. The number of aliphatic carboxylic acids is 1. The van der Waals surface area contributed by atoms with Crippen molar-refractivity contribution < 1.29 is 24.2 Å². The standard InChI is InChI=1S/C15H19NO5/c1-21-15(20)12-8-5-4-7-11(12)14(19)16-10-6-2-3-9-13(17)18/h4-5,7-8H,2-3,6,9-10H2,1H3,(H,16,19)(H,17,18). The molecule has 0 aliphatic heterocycles. The van der Waals surface area contributed by atoms with Gasteiger partial charge in [-0.1, -0.05) is 18.6 Å². The molecule has 0 aliphatic carbocycles. The number of methoxy groups -OCH3 is 1. The molecule has 21 heavy (non-hydrogen) atoms. The van der Waals surface area contributed by atoms with Crippen molar-refractivity contribution in [3.8, 4) is 0 Å². The zero-order valence-corrected chi connectivity index (χ0v) is 11.9. The first kappa shape index (κ1) is 16.7. The maximum atomic E-state index is 12.0. The van der Waals surface area contributed by atoms with Gasteiger partial charge in [0.2, 0.25) is 0 Å². The van der Waals surface area contributed by atoms with E-state index in [1.807, 2.05) is 0 Å². The monoisotopic (exact) mass is 293 g/mol. The molecule has 0 aliphatic rings. The first-order valence-corrected chi connectivity index (χ1v) is 6.73. The van der Waals surface area contributed by atoms with E-state index >= 15 is 0 Å². The van der Waals surface area contributed by atoms with Gasteiger partial charge in [0.05, 0.1) is 18.2 Å². The molecule has 0 saturated heterocycles. The Hall–Kier alpha value is -2.37. The predicted molar refractivity (Wildman–Crippen MR) is 76.2 cm³/mol. The van der Waals surface area contributed by atoms with Crippen molar-refractivity contribution in [3.63, 3.8) is 0 Å². The highest BCUT2D eigenvalue weighted by atomic mass is 16.5. The normalized spacial score (nSPS) is 9.95. The summed E-state index contributed by atoms with van der Waals surface area (Å²) in [5.74, 6) is -1.71. The number of rotatable bonds is 8. The quantitative estimate of drug-likeness (QED) is 0.563. The van der Waals surface area contributed by atoms with Crippen LogP contribution in [0.25, 0.3) is 0 Å². The molecule has 0 aromatic heterocycles. The Morgan fingerprint density at radius 2 is 1.76 bits per heavy atom. The topological polar surface area (TPSA) is 92.7 Å². The second-order valence-electron chi connectivity index (χ2n) is 4.50. The molecule has 1 aromatic rings. The van der Waals surface area contributed by atoms with E-state index in [0.717, 1.165) is 6.42 Å². The summed E-state index contributed by atoms with van der Waals surface area (Å²) in [5.41, 5.74) is 0.498. The molecule has 6 heteroatoms. The summed E-state index contributed by atoms with van der Waals surface area (Å²) in [7, 11) is 1.26. The Morgan fingerprint density at radius 1 is 1.10 bits per heavy atom. The third-order valence-corrected chi connectivity index (χ3v) is 2.93. The molecule has 1 rings (SSSR count). The summed E-state index contributed by atoms with van der Waals surface area (Å²) in [6.45, 7) is 0.438. The average molecular weight is 293 g/mol. The molecule has 6 nitrogen and oxygen atoms in total. The molecular weight excluding hydrogens is 274 g/mol. The zero-order chi connectivity index (χ0) is 15.7. The Balaban J connectivity index is 2.46. The van der Waals surface area contributed by atoms with Gasteiger partial charge >= 0.3 is 11.9 Å². The van der Waals surface area contributed by atoms with E-state index in [4.69, 9.17) is 5.11 Å². The van der Waals surface area contributed by atoms with Gasteiger partial charge in [-0.25, -0.2) is 4.79 Å². The maximum absolute atomic E-state index is 12.0. The van der Waals surface area contributed by atoms with Crippen molar-refractivity contribution in [1.82, 2.24) is 5.32 Å². The van der Waals surface area contributed by atoms with Crippen LogP contribution in [0.4, 0.5) is 0 Å². The molecule has 0 atom stereocenters. The molecule has 0 bridgehead atoms. The van der Waals surface area contributed by atoms with E-state index in [0.29, 0.717) is 19.4 Å². The molecule has 114 valence electrons. The van der Waals surface area contributed by atoms with Crippen LogP contribution in [0, 0.1) is 0 Å². The SMILES string of the molecule is COC(=O)c1ccccc1C(=O)NCCCCCC(=O)O. The maximum Gasteiger partial charge on any atom is 0.338 e. The van der Waals surface area contributed by atoms with Crippen molar-refractivity contribution in [1.29, 1.82) is 0 Å². The highest BCUT2D eigenvalue weighted by Crippen LogP contribution is 2.10. The van der Waals surface area contributed by atoms with Gasteiger partial charge in [-0.05, 0) is 25.0 Å². The van der Waals surface area contributed by atoms with Crippen LogP contribution in [0.2, 0.25) is 0 Å². The number of unbranched alkanes of at least 4 members (excludes halogenated alkanes) is 2. The highest BCUT2D eigenvalue weighted by Gasteiger charge is 2.16. The molecule has 1 aromatic carbocycles. The van der Waals surface area contributed by atoms with Crippen LogP contribution in [-0.2, 0) is 9.53 Å². The van der Waals surface area contributed by atoms with Crippen molar-refractivity contribution in [2.45, 2.75) is 25.7 Å². The first-order chi connectivity index (χ1) is 10.1. The van der Waals surface area contributed by atoms with E-state index in [1.165, 1.54) is 13.2 Å². The molecule has 0 fully saturated rings. The molecule has 0 saturated carbocycles. The third kappa shape index (κ3) is 5.64. The van der Waals surface area contributed by atoms with Crippen LogP contribution in [0.1, 0.15) is 46.4 Å². The van der Waals surface area contributed by atoms with Crippen molar-refractivity contribution in [3.05, 3.63) is 35.4 Å². The van der Waals surface area contributed by atoms with Crippen LogP contribution in [-0.4, -0.2) is 36.6 Å². The second kappa shape index (κ2) is 8.73. The largest absolute Gasteiger partial charge is 0.481 e. The Bertz CT molecular complexity index is 513. The van der Waals surface area contributed by atoms with E-state index in [9.17, 15) is 14.4 Å². The van der Waals surface area contributed by atoms with E-state index in [-0.39, 0.29) is 23.5 Å². The van der Waals surface area contributed by atoms with Crippen LogP contribution in [0.5, 0.6) is 0 Å². The number of carboxylic acids is 1. The molecule has 0 spiro atoms. The number of carbonyl (C=O) groups excluding carboxylic acids is 2. The minimum Gasteiger partial charge on any atom is -0.481 e. The summed E-state index contributed by atoms with van der Waals surface area (Å²) in [5, 5.41) is 11.2. The number of hydrogen-bond acceptors (Lipinski definition) is 4. The van der Waals surface area contributed by atoms with Gasteiger partial charge in [0.25, 0.3) is 5.91 Å². The smallest absolute Gasteiger partial charge is 0.338 e. The Morgan fingerprint density at radius 3 is 2.38 bits per heavy atom. The minimum atomic E-state index is -0.814. The van der Waals surface area contributed by atoms with Crippen molar-refractivity contribution in [2.24, 2.45) is 0 Å². The van der Waals surface area contributed by atoms with Crippen molar-refractivity contribution in [2.75, 3.05) is 13.7 Å². The van der Waals surface area contributed by atoms with Gasteiger partial charge in [0.15, 0.2) is 0 Å². The number of esters is 1. The Labute approximate surface area is 123 Å². The van der Waals surface area contributed by atoms with E-state index < -0.39 is 11.9 Å². The van der Waals surface area contributed by atoms with Gasteiger partial charge < -0.3 is 15.2 Å². The zero-order valence-electron chi connectivity index (χ0n) is 11.9. The van der Waals surface area contributed by atoms with Crippen LogP contribution >= 0.6 is 0 Å². The first-order valence-electron chi connectivity index (χ1n) is 6.73. The fraction of sp³-hybridized carbons (Fsp3) is 0.400. The lowest BCUT2D eigenvalue weighted by atomic mass is 10.1. The van der Waals surface area contributed by atoms with Gasteiger partial charge in [-0.2, -0.15) is 0 Å². The molecular formula is C15H19NO5. The summed E-state index contributed by atoms with van der Waals surface area (Å²) in [6.07, 6.45) is 2.15. The summed E-state index contributed by atoms with van der Waals surface area (Å²) in [6, 6.07) is 6.43. The summed E-state index contributed by atoms with van der Waals surface area (Å²) < 4.78 is 4.63. The summed E-state index contributed by atoms with van der Waals surface area (Å²) >= 11 is 0. The lowest BCUT2D eigenvalue weighted by Gasteiger charge is -2.08. The molecule has 2 N–H and O–H groups in total. The number of nitrogens with one attached hydrogen (secondary N) is 1. The minimum absolute atomic E-state index is 0.138. The van der Waals surface area contributed by atoms with Crippen molar-refractivity contribution >= 4 is 17.8 Å². The predicted octanol–water partition coefficient (Wildman–Crippen LogP) is 1.85. The molecule has 1 amide bonds. The van der Waals surface area contributed by atoms with Crippen LogP contribution in [0.3, 0.4) is 0 Å². The number of hydrogen-bond donors (Lipinski definition) is 2. The fourth-order valence-corrected chi connectivity index (χ4v) is 1.84. The highest BCUT2D eigenvalue weighted by molar-refractivity contribution is 6.05. The number of amides is 1.